The van der Waals surface area contributed by atoms with E-state index >= 15 is 0 Å². The van der Waals surface area contributed by atoms with E-state index in [2.05, 4.69) is 0 Å². The summed E-state index contributed by atoms with van der Waals surface area (Å²) < 4.78 is 7.32. The first-order chi connectivity index (χ1) is 12.1. The van der Waals surface area contributed by atoms with Gasteiger partial charge in [-0.1, -0.05) is 41.9 Å². The van der Waals surface area contributed by atoms with Crippen LogP contribution in [0.3, 0.4) is 0 Å². The van der Waals surface area contributed by atoms with E-state index in [9.17, 15) is 4.79 Å². The van der Waals surface area contributed by atoms with Crippen molar-refractivity contribution in [2.45, 2.75) is 6.54 Å². The molecule has 3 aromatic rings. The Morgan fingerprint density at radius 2 is 1.80 bits per heavy atom. The molecule has 4 nitrogen and oxygen atoms in total. The van der Waals surface area contributed by atoms with E-state index in [-0.39, 0.29) is 5.91 Å². The predicted octanol–water partition coefficient (Wildman–Crippen LogP) is 4.41. The summed E-state index contributed by atoms with van der Waals surface area (Å²) in [5, 5.41) is 0.494. The van der Waals surface area contributed by atoms with Crippen molar-refractivity contribution in [2.24, 2.45) is 0 Å². The molecule has 0 spiro atoms. The summed E-state index contributed by atoms with van der Waals surface area (Å²) in [6.07, 6.45) is 3.79. The lowest BCUT2D eigenvalue weighted by molar-refractivity contribution is 0.0781. The molecule has 5 heteroatoms. The minimum absolute atomic E-state index is 0.137. The number of hydrogen-bond donors (Lipinski definition) is 0. The van der Waals surface area contributed by atoms with Crippen LogP contribution in [0.25, 0.3) is 5.69 Å². The standard InChI is InChI=1S/C20H19ClN2O2/c1-22(14-15-8-4-3-5-9-15)20(24)16-12-17(21)18(13-19(16)25-2)23-10-6-7-11-23/h3-13H,14H2,1-2H3. The van der Waals surface area contributed by atoms with E-state index in [1.165, 1.54) is 0 Å². The third-order valence-corrected chi connectivity index (χ3v) is 4.29. The molecule has 1 aromatic heterocycles. The van der Waals surface area contributed by atoms with E-state index in [1.54, 1.807) is 31.2 Å². The van der Waals surface area contributed by atoms with Crippen LogP contribution < -0.4 is 4.74 Å². The number of aromatic nitrogens is 1. The lowest BCUT2D eigenvalue weighted by atomic mass is 10.1. The second-order valence-corrected chi connectivity index (χ2v) is 6.15. The van der Waals surface area contributed by atoms with Crippen molar-refractivity contribution in [1.82, 2.24) is 9.47 Å². The maximum absolute atomic E-state index is 12.9. The molecule has 0 aliphatic heterocycles. The van der Waals surface area contributed by atoms with Crippen molar-refractivity contribution in [3.8, 4) is 11.4 Å². The highest BCUT2D eigenvalue weighted by atomic mass is 35.5. The van der Waals surface area contributed by atoms with Gasteiger partial charge in [-0.15, -0.1) is 0 Å². The third kappa shape index (κ3) is 3.69. The molecule has 0 radical (unpaired) electrons. The first-order valence-corrected chi connectivity index (χ1v) is 8.28. The molecule has 0 bridgehead atoms. The van der Waals surface area contributed by atoms with Gasteiger partial charge in [-0.05, 0) is 23.8 Å². The highest BCUT2D eigenvalue weighted by Gasteiger charge is 2.20. The van der Waals surface area contributed by atoms with E-state index in [0.717, 1.165) is 11.3 Å². The zero-order valence-electron chi connectivity index (χ0n) is 14.1. The van der Waals surface area contributed by atoms with Crippen LogP contribution in [0.1, 0.15) is 15.9 Å². The zero-order chi connectivity index (χ0) is 17.8. The third-order valence-electron chi connectivity index (χ3n) is 3.99. The van der Waals surface area contributed by atoms with E-state index < -0.39 is 0 Å². The second kappa shape index (κ2) is 7.45. The summed E-state index contributed by atoms with van der Waals surface area (Å²) in [5.41, 5.74) is 2.28. The van der Waals surface area contributed by atoms with Crippen LogP contribution in [0.5, 0.6) is 5.75 Å². The molecule has 3 rings (SSSR count). The summed E-state index contributed by atoms with van der Waals surface area (Å²) in [4.78, 5) is 14.5. The normalized spacial score (nSPS) is 10.5. The van der Waals surface area contributed by atoms with Crippen molar-refractivity contribution in [3.63, 3.8) is 0 Å². The number of amides is 1. The summed E-state index contributed by atoms with van der Waals surface area (Å²) in [5.74, 6) is 0.361. The van der Waals surface area contributed by atoms with Crippen LogP contribution in [0.2, 0.25) is 5.02 Å². The topological polar surface area (TPSA) is 34.5 Å². The molecule has 0 fully saturated rings. The molecular weight excluding hydrogens is 336 g/mol. The number of nitrogens with zero attached hydrogens (tertiary/aromatic N) is 2. The van der Waals surface area contributed by atoms with Gasteiger partial charge in [-0.2, -0.15) is 0 Å². The Labute approximate surface area is 152 Å². The fourth-order valence-corrected chi connectivity index (χ4v) is 2.97. The number of methoxy groups -OCH3 is 1. The number of hydrogen-bond acceptors (Lipinski definition) is 2. The van der Waals surface area contributed by atoms with Crippen molar-refractivity contribution < 1.29 is 9.53 Å². The fraction of sp³-hybridized carbons (Fsp3) is 0.150. The smallest absolute Gasteiger partial charge is 0.257 e. The largest absolute Gasteiger partial charge is 0.496 e. The molecule has 0 aliphatic carbocycles. The Morgan fingerprint density at radius 1 is 1.12 bits per heavy atom. The minimum Gasteiger partial charge on any atom is -0.496 e. The summed E-state index contributed by atoms with van der Waals surface area (Å²) >= 11 is 6.41. The van der Waals surface area contributed by atoms with Gasteiger partial charge in [0.2, 0.25) is 0 Å². The van der Waals surface area contributed by atoms with Crippen LogP contribution in [-0.2, 0) is 6.54 Å². The molecule has 2 aromatic carbocycles. The second-order valence-electron chi connectivity index (χ2n) is 5.74. The Balaban J connectivity index is 1.90. The number of rotatable bonds is 5. The number of ether oxygens (including phenoxy) is 1. The Kier molecular flexibility index (Phi) is 5.10. The Morgan fingerprint density at radius 3 is 2.44 bits per heavy atom. The van der Waals surface area contributed by atoms with Crippen molar-refractivity contribution in [2.75, 3.05) is 14.2 Å². The highest BCUT2D eigenvalue weighted by Crippen LogP contribution is 2.30. The lowest BCUT2D eigenvalue weighted by Gasteiger charge is -2.20. The SMILES string of the molecule is COc1cc(-n2cccc2)c(Cl)cc1C(=O)N(C)Cc1ccccc1. The van der Waals surface area contributed by atoms with Crippen molar-refractivity contribution in [1.29, 1.82) is 0 Å². The maximum atomic E-state index is 12.9. The van der Waals surface area contributed by atoms with Gasteiger partial charge in [0.05, 0.1) is 23.4 Å². The molecule has 0 N–H and O–H groups in total. The molecule has 0 unspecified atom stereocenters. The number of carbonyl (C=O) groups excluding carboxylic acids is 1. The number of halogens is 1. The van der Waals surface area contributed by atoms with Gasteiger partial charge in [0.1, 0.15) is 5.75 Å². The monoisotopic (exact) mass is 354 g/mol. The molecular formula is C20H19ClN2O2. The van der Waals surface area contributed by atoms with Gasteiger partial charge in [0.25, 0.3) is 5.91 Å². The van der Waals surface area contributed by atoms with Crippen LogP contribution in [0, 0.1) is 0 Å². The van der Waals surface area contributed by atoms with Gasteiger partial charge in [-0.3, -0.25) is 4.79 Å². The van der Waals surface area contributed by atoms with Crippen LogP contribution in [0.4, 0.5) is 0 Å². The van der Waals surface area contributed by atoms with Crippen LogP contribution in [0.15, 0.2) is 67.0 Å². The molecule has 1 amide bonds. The lowest BCUT2D eigenvalue weighted by Crippen LogP contribution is -2.26. The summed E-state index contributed by atoms with van der Waals surface area (Å²) in [7, 11) is 3.32. The summed E-state index contributed by atoms with van der Waals surface area (Å²) in [6.45, 7) is 0.514. The molecule has 25 heavy (non-hydrogen) atoms. The number of carbonyl (C=O) groups is 1. The van der Waals surface area contributed by atoms with Gasteiger partial charge in [0.15, 0.2) is 0 Å². The van der Waals surface area contributed by atoms with E-state index in [4.69, 9.17) is 16.3 Å². The van der Waals surface area contributed by atoms with Gasteiger partial charge >= 0.3 is 0 Å². The zero-order valence-corrected chi connectivity index (χ0v) is 14.9. The minimum atomic E-state index is -0.137. The number of benzene rings is 2. The molecule has 1 heterocycles. The van der Waals surface area contributed by atoms with Crippen molar-refractivity contribution in [3.05, 3.63) is 83.1 Å². The van der Waals surface area contributed by atoms with E-state index in [0.29, 0.717) is 22.9 Å². The predicted molar refractivity (Wildman–Crippen MR) is 99.6 cm³/mol. The quantitative estimate of drug-likeness (QED) is 0.680. The molecule has 0 aliphatic rings. The summed E-state index contributed by atoms with van der Waals surface area (Å²) in [6, 6.07) is 17.1. The molecule has 0 saturated heterocycles. The molecule has 0 saturated carbocycles. The first kappa shape index (κ1) is 17.1. The van der Waals surface area contributed by atoms with Crippen LogP contribution in [-0.4, -0.2) is 29.5 Å². The fourth-order valence-electron chi connectivity index (χ4n) is 2.71. The highest BCUT2D eigenvalue weighted by molar-refractivity contribution is 6.33. The van der Waals surface area contributed by atoms with E-state index in [1.807, 2.05) is 59.4 Å². The Bertz CT molecular complexity index is 861. The first-order valence-electron chi connectivity index (χ1n) is 7.90. The molecule has 0 atom stereocenters. The van der Waals surface area contributed by atoms with Gasteiger partial charge < -0.3 is 14.2 Å². The van der Waals surface area contributed by atoms with Gasteiger partial charge in [0, 0.05) is 32.1 Å². The average molecular weight is 355 g/mol. The Hall–Kier alpha value is -2.72. The average Bonchev–Trinajstić information content (AvgIpc) is 3.16. The molecule has 128 valence electrons. The van der Waals surface area contributed by atoms with Gasteiger partial charge in [-0.25, -0.2) is 0 Å². The van der Waals surface area contributed by atoms with Crippen LogP contribution >= 0.6 is 11.6 Å². The maximum Gasteiger partial charge on any atom is 0.257 e. The van der Waals surface area contributed by atoms with Crippen molar-refractivity contribution >= 4 is 17.5 Å².